The molecule has 1 heterocycles. The molecule has 0 aromatic heterocycles. The minimum absolute atomic E-state index is 0.253. The molecule has 0 atom stereocenters. The summed E-state index contributed by atoms with van der Waals surface area (Å²) in [6.45, 7) is 9.56. The number of hydrogen-bond acceptors (Lipinski definition) is 4. The van der Waals surface area contributed by atoms with Gasteiger partial charge in [0.25, 0.3) is 0 Å². The van der Waals surface area contributed by atoms with E-state index in [2.05, 4.69) is 58.9 Å². The number of rotatable bonds is 8. The van der Waals surface area contributed by atoms with E-state index in [-0.39, 0.29) is 5.75 Å². The second kappa shape index (κ2) is 10.1. The fraction of sp³-hybridized carbons (Fsp3) is 0.333. The smallest absolute Gasteiger partial charge is 0.162 e. The molecule has 2 aromatic rings. The second-order valence-corrected chi connectivity index (χ2v) is 7.19. The van der Waals surface area contributed by atoms with Crippen LogP contribution in [0.3, 0.4) is 0 Å². The van der Waals surface area contributed by atoms with Crippen LogP contribution in [0.25, 0.3) is 6.08 Å². The summed E-state index contributed by atoms with van der Waals surface area (Å²) in [4.78, 5) is 4.86. The first-order valence-electron chi connectivity index (χ1n) is 9.85. The van der Waals surface area contributed by atoms with E-state index in [4.69, 9.17) is 4.74 Å². The number of allylic oxidation sites excluding steroid dienone is 1. The van der Waals surface area contributed by atoms with Crippen molar-refractivity contribution >= 4 is 6.08 Å². The highest BCUT2D eigenvalue weighted by atomic mass is 16.5. The molecule has 4 nitrogen and oxygen atoms in total. The Morgan fingerprint density at radius 2 is 1.79 bits per heavy atom. The highest BCUT2D eigenvalue weighted by Crippen LogP contribution is 2.32. The van der Waals surface area contributed by atoms with Crippen molar-refractivity contribution < 1.29 is 9.84 Å². The predicted molar refractivity (Wildman–Crippen MR) is 116 cm³/mol. The van der Waals surface area contributed by atoms with Gasteiger partial charge in [0.05, 0.1) is 7.11 Å². The zero-order valence-electron chi connectivity index (χ0n) is 16.7. The summed E-state index contributed by atoms with van der Waals surface area (Å²) in [7, 11) is 1.60. The van der Waals surface area contributed by atoms with Crippen molar-refractivity contribution in [2.24, 2.45) is 0 Å². The lowest BCUT2D eigenvalue weighted by atomic mass is 10.0. The molecule has 1 fully saturated rings. The molecule has 4 heteroatoms. The summed E-state index contributed by atoms with van der Waals surface area (Å²) in [5, 5.41) is 10.5. The van der Waals surface area contributed by atoms with Gasteiger partial charge in [0.15, 0.2) is 11.5 Å². The minimum Gasteiger partial charge on any atom is -0.504 e. The molecule has 0 unspecified atom stereocenters. The van der Waals surface area contributed by atoms with Crippen molar-refractivity contribution in [3.05, 3.63) is 77.9 Å². The number of aromatic hydroxyl groups is 1. The van der Waals surface area contributed by atoms with Gasteiger partial charge < -0.3 is 9.84 Å². The number of phenols is 1. The van der Waals surface area contributed by atoms with Gasteiger partial charge in [-0.05, 0) is 23.6 Å². The monoisotopic (exact) mass is 378 g/mol. The lowest BCUT2D eigenvalue weighted by Crippen LogP contribution is -2.45. The van der Waals surface area contributed by atoms with Crippen LogP contribution in [-0.4, -0.2) is 54.7 Å². The molecule has 0 saturated carbocycles. The molecule has 0 amide bonds. The van der Waals surface area contributed by atoms with E-state index in [0.717, 1.165) is 56.8 Å². The first kappa shape index (κ1) is 20.2. The van der Waals surface area contributed by atoms with Crippen molar-refractivity contribution in [2.45, 2.75) is 13.0 Å². The van der Waals surface area contributed by atoms with Crippen LogP contribution in [0.4, 0.5) is 0 Å². The Balaban J connectivity index is 1.53. The summed E-state index contributed by atoms with van der Waals surface area (Å²) < 4.78 is 5.34. The van der Waals surface area contributed by atoms with Gasteiger partial charge in [-0.1, -0.05) is 54.6 Å². The summed E-state index contributed by atoms with van der Waals surface area (Å²) in [5.41, 5.74) is 3.28. The molecule has 1 aliphatic heterocycles. The largest absolute Gasteiger partial charge is 0.504 e. The van der Waals surface area contributed by atoms with Crippen LogP contribution < -0.4 is 4.74 Å². The number of nitrogens with zero attached hydrogens (tertiary/aromatic N) is 2. The van der Waals surface area contributed by atoms with Gasteiger partial charge in [0.2, 0.25) is 0 Å². The Bertz CT molecular complexity index is 794. The third kappa shape index (κ3) is 5.47. The first-order chi connectivity index (χ1) is 13.7. The average Bonchev–Trinajstić information content (AvgIpc) is 2.72. The third-order valence-electron chi connectivity index (χ3n) is 5.15. The molecule has 3 rings (SSSR count). The van der Waals surface area contributed by atoms with E-state index in [0.29, 0.717) is 5.75 Å². The Morgan fingerprint density at radius 1 is 1.07 bits per heavy atom. The molecular weight excluding hydrogens is 348 g/mol. The van der Waals surface area contributed by atoms with Gasteiger partial charge in [-0.3, -0.25) is 9.80 Å². The number of ether oxygens (including phenoxy) is 1. The molecule has 1 N–H and O–H groups in total. The molecule has 0 bridgehead atoms. The summed E-state index contributed by atoms with van der Waals surface area (Å²) in [6.07, 6.45) is 7.06. The Kier molecular flexibility index (Phi) is 7.29. The summed E-state index contributed by atoms with van der Waals surface area (Å²) in [5.74, 6) is 0.794. The van der Waals surface area contributed by atoms with Crippen molar-refractivity contribution in [1.29, 1.82) is 0 Å². The topological polar surface area (TPSA) is 35.9 Å². The lowest BCUT2D eigenvalue weighted by Gasteiger charge is -2.34. The lowest BCUT2D eigenvalue weighted by molar-refractivity contribution is 0.136. The van der Waals surface area contributed by atoms with Crippen LogP contribution in [0.2, 0.25) is 0 Å². The van der Waals surface area contributed by atoms with Crippen LogP contribution in [0.15, 0.2) is 61.2 Å². The third-order valence-corrected chi connectivity index (χ3v) is 5.15. The van der Waals surface area contributed by atoms with Crippen LogP contribution in [0.1, 0.15) is 16.7 Å². The number of methoxy groups -OCH3 is 1. The fourth-order valence-electron chi connectivity index (χ4n) is 3.56. The van der Waals surface area contributed by atoms with Gasteiger partial charge in [-0.15, -0.1) is 6.58 Å². The Morgan fingerprint density at radius 3 is 2.46 bits per heavy atom. The highest BCUT2D eigenvalue weighted by Gasteiger charge is 2.19. The van der Waals surface area contributed by atoms with Crippen molar-refractivity contribution in [3.63, 3.8) is 0 Å². The average molecular weight is 379 g/mol. The molecule has 0 aliphatic carbocycles. The molecule has 28 heavy (non-hydrogen) atoms. The van der Waals surface area contributed by atoms with Gasteiger partial charge in [0.1, 0.15) is 0 Å². The minimum atomic E-state index is 0.253. The maximum atomic E-state index is 10.5. The summed E-state index contributed by atoms with van der Waals surface area (Å²) >= 11 is 0. The van der Waals surface area contributed by atoms with E-state index in [1.807, 2.05) is 18.2 Å². The van der Waals surface area contributed by atoms with E-state index >= 15 is 0 Å². The fourth-order valence-corrected chi connectivity index (χ4v) is 3.56. The van der Waals surface area contributed by atoms with E-state index in [9.17, 15) is 5.11 Å². The number of hydrogen-bond donors (Lipinski definition) is 1. The van der Waals surface area contributed by atoms with Crippen molar-refractivity contribution in [3.8, 4) is 11.5 Å². The van der Waals surface area contributed by atoms with Gasteiger partial charge >= 0.3 is 0 Å². The maximum absolute atomic E-state index is 10.5. The Hall–Kier alpha value is -2.56. The molecule has 0 spiro atoms. The highest BCUT2D eigenvalue weighted by molar-refractivity contribution is 5.49. The van der Waals surface area contributed by atoms with Crippen LogP contribution in [-0.2, 0) is 13.0 Å². The van der Waals surface area contributed by atoms with Gasteiger partial charge in [0, 0.05) is 44.8 Å². The van der Waals surface area contributed by atoms with Crippen LogP contribution in [0, 0.1) is 0 Å². The molecular formula is C24H30N2O2. The number of benzene rings is 2. The normalized spacial score (nSPS) is 15.8. The maximum Gasteiger partial charge on any atom is 0.162 e. The Labute approximate surface area is 168 Å². The number of phenolic OH excluding ortho intramolecular Hbond substituents is 1. The quantitative estimate of drug-likeness (QED) is 0.706. The molecule has 2 aromatic carbocycles. The van der Waals surface area contributed by atoms with E-state index < -0.39 is 0 Å². The SMILES string of the molecule is C=CCc1cc(CN2CCN(C/C=C/c3ccccc3)CC2)c(O)c(OC)c1. The molecule has 148 valence electrons. The summed E-state index contributed by atoms with van der Waals surface area (Å²) in [6, 6.07) is 14.4. The second-order valence-electron chi connectivity index (χ2n) is 7.19. The first-order valence-corrected chi connectivity index (χ1v) is 9.85. The molecule has 1 saturated heterocycles. The zero-order chi connectivity index (χ0) is 19.8. The van der Waals surface area contributed by atoms with Gasteiger partial charge in [-0.2, -0.15) is 0 Å². The van der Waals surface area contributed by atoms with E-state index in [1.165, 1.54) is 5.56 Å². The predicted octanol–water partition coefficient (Wildman–Crippen LogP) is 3.96. The molecule has 1 aliphatic rings. The van der Waals surface area contributed by atoms with Gasteiger partial charge in [-0.25, -0.2) is 0 Å². The zero-order valence-corrected chi connectivity index (χ0v) is 16.7. The van der Waals surface area contributed by atoms with E-state index in [1.54, 1.807) is 7.11 Å². The molecule has 0 radical (unpaired) electrons. The standard InChI is InChI=1S/C24H30N2O2/c1-3-8-21-17-22(24(27)23(18-21)28-2)19-26-15-13-25(14-16-26)12-7-11-20-9-5-4-6-10-20/h3-7,9-11,17-18,27H,1,8,12-16,19H2,2H3/b11-7+. The van der Waals surface area contributed by atoms with Crippen LogP contribution >= 0.6 is 0 Å². The van der Waals surface area contributed by atoms with Crippen molar-refractivity contribution in [1.82, 2.24) is 9.80 Å². The number of piperazine rings is 1. The van der Waals surface area contributed by atoms with Crippen LogP contribution in [0.5, 0.6) is 11.5 Å². The van der Waals surface area contributed by atoms with Crippen molar-refractivity contribution in [2.75, 3.05) is 39.8 Å².